The Morgan fingerprint density at radius 1 is 1.15 bits per heavy atom. The Labute approximate surface area is 149 Å². The molecule has 1 heterocycles. The maximum atomic E-state index is 12.2. The van der Waals surface area contributed by atoms with E-state index in [1.54, 1.807) is 25.1 Å². The fraction of sp³-hybridized carbons (Fsp3) is 0.158. The Kier molecular flexibility index (Phi) is 4.79. The van der Waals surface area contributed by atoms with Gasteiger partial charge in [0, 0.05) is 28.8 Å². The van der Waals surface area contributed by atoms with Crippen LogP contribution in [0, 0.1) is 24.0 Å². The van der Waals surface area contributed by atoms with Crippen molar-refractivity contribution in [1.82, 2.24) is 10.5 Å². The SMILES string of the molecule is Cc1ccc(-c2cc(CNC(=O)c3ccc(C)c([N+](=O)[O-])c3)no2)cc1. The number of nitro groups is 1. The monoisotopic (exact) mass is 351 g/mol. The number of aryl methyl sites for hydroxylation is 2. The standard InChI is InChI=1S/C19H17N3O4/c1-12-3-6-14(7-4-12)18-10-16(21-26-18)11-20-19(23)15-8-5-13(2)17(9-15)22(24)25/h3-10H,11H2,1-2H3,(H,20,23). The maximum Gasteiger partial charge on any atom is 0.273 e. The number of hydrogen-bond donors (Lipinski definition) is 1. The first-order valence-corrected chi connectivity index (χ1v) is 8.00. The van der Waals surface area contributed by atoms with Crippen molar-refractivity contribution >= 4 is 11.6 Å². The van der Waals surface area contributed by atoms with Crippen molar-refractivity contribution in [2.24, 2.45) is 0 Å². The molecule has 0 fully saturated rings. The van der Waals surface area contributed by atoms with E-state index in [0.29, 0.717) is 17.0 Å². The lowest BCUT2D eigenvalue weighted by Crippen LogP contribution is -2.23. The first-order valence-electron chi connectivity index (χ1n) is 8.00. The smallest absolute Gasteiger partial charge is 0.273 e. The van der Waals surface area contributed by atoms with Crippen LogP contribution in [0.3, 0.4) is 0 Å². The largest absolute Gasteiger partial charge is 0.356 e. The third-order valence-electron chi connectivity index (χ3n) is 3.99. The molecule has 0 unspecified atom stereocenters. The molecule has 1 amide bonds. The third kappa shape index (κ3) is 3.77. The van der Waals surface area contributed by atoms with Crippen LogP contribution in [0.4, 0.5) is 5.69 Å². The molecule has 1 N–H and O–H groups in total. The van der Waals surface area contributed by atoms with Crippen LogP contribution in [0.5, 0.6) is 0 Å². The second kappa shape index (κ2) is 7.18. The highest BCUT2D eigenvalue weighted by Gasteiger charge is 2.15. The van der Waals surface area contributed by atoms with Gasteiger partial charge in [0.2, 0.25) is 0 Å². The number of hydrogen-bond acceptors (Lipinski definition) is 5. The summed E-state index contributed by atoms with van der Waals surface area (Å²) in [5.41, 5.74) is 3.26. The molecule has 0 spiro atoms. The van der Waals surface area contributed by atoms with Crippen LogP contribution in [0.2, 0.25) is 0 Å². The predicted molar refractivity (Wildman–Crippen MR) is 95.7 cm³/mol. The van der Waals surface area contributed by atoms with Crippen molar-refractivity contribution < 1.29 is 14.2 Å². The molecule has 0 atom stereocenters. The zero-order valence-corrected chi connectivity index (χ0v) is 14.4. The van der Waals surface area contributed by atoms with Crippen LogP contribution in [0.25, 0.3) is 11.3 Å². The van der Waals surface area contributed by atoms with Gasteiger partial charge in [-0.15, -0.1) is 0 Å². The molecular weight excluding hydrogens is 334 g/mol. The van der Waals surface area contributed by atoms with Crippen LogP contribution in [0.15, 0.2) is 53.1 Å². The summed E-state index contributed by atoms with van der Waals surface area (Å²) in [6, 6.07) is 13.9. The lowest BCUT2D eigenvalue weighted by atomic mass is 10.1. The number of amides is 1. The van der Waals surface area contributed by atoms with Crippen LogP contribution in [0.1, 0.15) is 27.2 Å². The summed E-state index contributed by atoms with van der Waals surface area (Å²) in [6.07, 6.45) is 0. The summed E-state index contributed by atoms with van der Waals surface area (Å²) in [4.78, 5) is 22.7. The predicted octanol–water partition coefficient (Wildman–Crippen LogP) is 3.80. The highest BCUT2D eigenvalue weighted by Crippen LogP contribution is 2.21. The van der Waals surface area contributed by atoms with Gasteiger partial charge in [0.1, 0.15) is 5.69 Å². The van der Waals surface area contributed by atoms with E-state index < -0.39 is 10.8 Å². The van der Waals surface area contributed by atoms with Crippen molar-refractivity contribution in [3.05, 3.63) is 81.0 Å². The first-order chi connectivity index (χ1) is 12.4. The average molecular weight is 351 g/mol. The van der Waals surface area contributed by atoms with Gasteiger partial charge >= 0.3 is 0 Å². The molecule has 7 heteroatoms. The summed E-state index contributed by atoms with van der Waals surface area (Å²) in [6.45, 7) is 3.79. The van der Waals surface area contributed by atoms with Gasteiger partial charge in [-0.25, -0.2) is 0 Å². The van der Waals surface area contributed by atoms with Crippen molar-refractivity contribution in [2.45, 2.75) is 20.4 Å². The van der Waals surface area contributed by atoms with Crippen LogP contribution < -0.4 is 5.32 Å². The number of carbonyl (C=O) groups excluding carboxylic acids is 1. The Hall–Kier alpha value is -3.48. The van der Waals surface area contributed by atoms with Crippen molar-refractivity contribution in [3.63, 3.8) is 0 Å². The quantitative estimate of drug-likeness (QED) is 0.557. The summed E-state index contributed by atoms with van der Waals surface area (Å²) in [5, 5.41) is 17.6. The molecule has 0 bridgehead atoms. The molecule has 0 aliphatic heterocycles. The van der Waals surface area contributed by atoms with Crippen molar-refractivity contribution in [1.29, 1.82) is 0 Å². The lowest BCUT2D eigenvalue weighted by Gasteiger charge is -2.04. The lowest BCUT2D eigenvalue weighted by molar-refractivity contribution is -0.385. The second-order valence-electron chi connectivity index (χ2n) is 5.99. The van der Waals surface area contributed by atoms with E-state index in [1.165, 1.54) is 6.07 Å². The number of nitrogens with one attached hydrogen (secondary N) is 1. The number of carbonyl (C=O) groups is 1. The number of benzene rings is 2. The van der Waals surface area contributed by atoms with E-state index in [1.807, 2.05) is 31.2 Å². The third-order valence-corrected chi connectivity index (χ3v) is 3.99. The Morgan fingerprint density at radius 2 is 1.88 bits per heavy atom. The highest BCUT2D eigenvalue weighted by atomic mass is 16.6. The molecule has 0 saturated carbocycles. The van der Waals surface area contributed by atoms with E-state index in [-0.39, 0.29) is 17.8 Å². The van der Waals surface area contributed by atoms with Gasteiger partial charge < -0.3 is 9.84 Å². The van der Waals surface area contributed by atoms with E-state index in [2.05, 4.69) is 10.5 Å². The fourth-order valence-corrected chi connectivity index (χ4v) is 2.47. The Morgan fingerprint density at radius 3 is 2.58 bits per heavy atom. The molecule has 0 aliphatic rings. The summed E-state index contributed by atoms with van der Waals surface area (Å²) >= 11 is 0. The van der Waals surface area contributed by atoms with E-state index in [9.17, 15) is 14.9 Å². The Balaban J connectivity index is 1.68. The summed E-state index contributed by atoms with van der Waals surface area (Å²) < 4.78 is 5.30. The van der Waals surface area contributed by atoms with Crippen molar-refractivity contribution in [2.75, 3.05) is 0 Å². The van der Waals surface area contributed by atoms with Crippen LogP contribution >= 0.6 is 0 Å². The molecule has 0 saturated heterocycles. The zero-order chi connectivity index (χ0) is 18.7. The number of nitro benzene ring substituents is 1. The minimum absolute atomic E-state index is 0.0826. The summed E-state index contributed by atoms with van der Waals surface area (Å²) in [5.74, 6) is 0.202. The van der Waals surface area contributed by atoms with Gasteiger partial charge in [0.05, 0.1) is 11.5 Å². The number of nitrogens with zero attached hydrogens (tertiary/aromatic N) is 2. The number of aromatic nitrogens is 1. The topological polar surface area (TPSA) is 98.3 Å². The minimum atomic E-state index is -0.502. The number of rotatable bonds is 5. The van der Waals surface area contributed by atoms with Crippen LogP contribution in [-0.2, 0) is 6.54 Å². The highest BCUT2D eigenvalue weighted by molar-refractivity contribution is 5.94. The van der Waals surface area contributed by atoms with Gasteiger partial charge in [-0.3, -0.25) is 14.9 Å². The molecule has 0 aliphatic carbocycles. The van der Waals surface area contributed by atoms with Gasteiger partial charge in [0.15, 0.2) is 5.76 Å². The van der Waals surface area contributed by atoms with Gasteiger partial charge in [-0.05, 0) is 19.9 Å². The summed E-state index contributed by atoms with van der Waals surface area (Å²) in [7, 11) is 0. The van der Waals surface area contributed by atoms with E-state index in [0.717, 1.165) is 11.1 Å². The fourth-order valence-electron chi connectivity index (χ4n) is 2.47. The molecule has 1 aromatic heterocycles. The van der Waals surface area contributed by atoms with Crippen molar-refractivity contribution in [3.8, 4) is 11.3 Å². The van der Waals surface area contributed by atoms with Gasteiger partial charge in [0.25, 0.3) is 11.6 Å². The van der Waals surface area contributed by atoms with Gasteiger partial charge in [-0.1, -0.05) is 41.1 Å². The normalized spacial score (nSPS) is 10.5. The first kappa shape index (κ1) is 17.3. The zero-order valence-electron chi connectivity index (χ0n) is 14.4. The van der Waals surface area contributed by atoms with E-state index >= 15 is 0 Å². The molecular formula is C19H17N3O4. The average Bonchev–Trinajstić information content (AvgIpc) is 3.09. The molecule has 3 rings (SSSR count). The second-order valence-corrected chi connectivity index (χ2v) is 5.99. The Bertz CT molecular complexity index is 961. The van der Waals surface area contributed by atoms with Crippen LogP contribution in [-0.4, -0.2) is 16.0 Å². The molecule has 2 aromatic carbocycles. The molecule has 132 valence electrons. The maximum absolute atomic E-state index is 12.2. The molecule has 26 heavy (non-hydrogen) atoms. The minimum Gasteiger partial charge on any atom is -0.356 e. The van der Waals surface area contributed by atoms with E-state index in [4.69, 9.17) is 4.52 Å². The van der Waals surface area contributed by atoms with Gasteiger partial charge in [-0.2, -0.15) is 0 Å². The molecule has 0 radical (unpaired) electrons. The molecule has 7 nitrogen and oxygen atoms in total. The molecule has 3 aromatic rings.